The molecule has 0 heterocycles. The smallest absolute Gasteiger partial charge is 0.161 e. The first-order chi connectivity index (χ1) is 14.1. The lowest BCUT2D eigenvalue weighted by Gasteiger charge is -2.11. The van der Waals surface area contributed by atoms with Gasteiger partial charge in [0, 0.05) is 5.02 Å². The van der Waals surface area contributed by atoms with Gasteiger partial charge in [0.15, 0.2) is 11.5 Å². The van der Waals surface area contributed by atoms with Crippen LogP contribution in [0.25, 0.3) is 0 Å². The van der Waals surface area contributed by atoms with E-state index in [4.69, 9.17) is 37.4 Å². The van der Waals surface area contributed by atoms with E-state index >= 15 is 0 Å². The Morgan fingerprint density at radius 2 is 1.69 bits per heavy atom. The van der Waals surface area contributed by atoms with Crippen LogP contribution in [0.5, 0.6) is 17.2 Å². The lowest BCUT2D eigenvalue weighted by Crippen LogP contribution is -1.98. The van der Waals surface area contributed by atoms with Crippen molar-refractivity contribution in [3.05, 3.63) is 81.8 Å². The Bertz CT molecular complexity index is 1010. The number of rotatable bonds is 8. The number of hydrazone groups is 1. The molecule has 0 atom stereocenters. The van der Waals surface area contributed by atoms with E-state index in [0.29, 0.717) is 33.9 Å². The van der Waals surface area contributed by atoms with Crippen LogP contribution in [0.4, 0.5) is 5.69 Å². The van der Waals surface area contributed by atoms with Crippen molar-refractivity contribution in [3.63, 3.8) is 0 Å². The van der Waals surface area contributed by atoms with E-state index in [0.717, 1.165) is 16.8 Å². The van der Waals surface area contributed by atoms with Crippen molar-refractivity contribution in [2.24, 2.45) is 5.10 Å². The molecular weight excluding hydrogens is 411 g/mol. The number of ether oxygens (including phenoxy) is 3. The molecule has 3 aromatic carbocycles. The summed E-state index contributed by atoms with van der Waals surface area (Å²) in [5.74, 6) is 1.86. The SMILES string of the molecule is COc1ccc(N/N=C/c2ccc(OCc3cccc(Cl)c3)c(OC)c2)cc1Cl. The maximum absolute atomic E-state index is 6.11. The van der Waals surface area contributed by atoms with Crippen molar-refractivity contribution in [2.75, 3.05) is 19.6 Å². The van der Waals surface area contributed by atoms with Gasteiger partial charge < -0.3 is 14.2 Å². The van der Waals surface area contributed by atoms with E-state index in [-0.39, 0.29) is 0 Å². The van der Waals surface area contributed by atoms with Crippen molar-refractivity contribution >= 4 is 35.1 Å². The molecule has 0 aliphatic carbocycles. The summed E-state index contributed by atoms with van der Waals surface area (Å²) >= 11 is 12.1. The predicted octanol–water partition coefficient (Wildman–Crippen LogP) is 6.04. The second kappa shape index (κ2) is 10.0. The maximum Gasteiger partial charge on any atom is 0.161 e. The van der Waals surface area contributed by atoms with Crippen LogP contribution < -0.4 is 19.6 Å². The van der Waals surface area contributed by atoms with Gasteiger partial charge in [0.2, 0.25) is 0 Å². The van der Waals surface area contributed by atoms with E-state index in [1.807, 2.05) is 48.5 Å². The zero-order chi connectivity index (χ0) is 20.6. The van der Waals surface area contributed by atoms with Crippen molar-refractivity contribution in [2.45, 2.75) is 6.61 Å². The summed E-state index contributed by atoms with van der Waals surface area (Å²) in [5, 5.41) is 5.42. The van der Waals surface area contributed by atoms with E-state index in [1.54, 1.807) is 32.6 Å². The highest BCUT2D eigenvalue weighted by atomic mass is 35.5. The molecule has 0 amide bonds. The number of hydrogen-bond donors (Lipinski definition) is 1. The molecule has 0 saturated heterocycles. The Hall–Kier alpha value is -2.89. The van der Waals surface area contributed by atoms with Crippen LogP contribution >= 0.6 is 23.2 Å². The van der Waals surface area contributed by atoms with E-state index < -0.39 is 0 Å². The number of anilines is 1. The van der Waals surface area contributed by atoms with Gasteiger partial charge in [-0.2, -0.15) is 5.10 Å². The number of benzene rings is 3. The minimum absolute atomic E-state index is 0.393. The highest BCUT2D eigenvalue weighted by molar-refractivity contribution is 6.32. The molecule has 0 fully saturated rings. The topological polar surface area (TPSA) is 52.1 Å². The van der Waals surface area contributed by atoms with Gasteiger partial charge in [-0.05, 0) is 59.7 Å². The second-order valence-corrected chi connectivity index (χ2v) is 6.89. The van der Waals surface area contributed by atoms with E-state index in [2.05, 4.69) is 10.5 Å². The average Bonchev–Trinajstić information content (AvgIpc) is 2.73. The third-order valence-corrected chi connectivity index (χ3v) is 4.56. The quantitative estimate of drug-likeness (QED) is 0.349. The van der Waals surface area contributed by atoms with Gasteiger partial charge in [-0.15, -0.1) is 0 Å². The standard InChI is InChI=1S/C22H20Cl2N2O3/c1-27-20-9-7-18(12-19(20)24)26-25-13-15-6-8-21(22(11-15)28-2)29-14-16-4-3-5-17(23)10-16/h3-13,26H,14H2,1-2H3/b25-13+. The van der Waals surface area contributed by atoms with Crippen molar-refractivity contribution < 1.29 is 14.2 Å². The Balaban J connectivity index is 1.64. The van der Waals surface area contributed by atoms with Crippen LogP contribution in [0.1, 0.15) is 11.1 Å². The van der Waals surface area contributed by atoms with Crippen LogP contribution in [-0.2, 0) is 6.61 Å². The Labute approximate surface area is 179 Å². The number of hydrogen-bond acceptors (Lipinski definition) is 5. The number of methoxy groups -OCH3 is 2. The van der Waals surface area contributed by atoms with Gasteiger partial charge in [0.05, 0.1) is 31.1 Å². The van der Waals surface area contributed by atoms with Crippen molar-refractivity contribution in [3.8, 4) is 17.2 Å². The third kappa shape index (κ3) is 5.79. The Morgan fingerprint density at radius 3 is 2.41 bits per heavy atom. The molecule has 3 rings (SSSR count). The molecule has 3 aromatic rings. The first kappa shape index (κ1) is 20.8. The Kier molecular flexibility index (Phi) is 7.22. The van der Waals surface area contributed by atoms with E-state index in [9.17, 15) is 0 Å². The monoisotopic (exact) mass is 430 g/mol. The fourth-order valence-electron chi connectivity index (χ4n) is 2.59. The predicted molar refractivity (Wildman–Crippen MR) is 118 cm³/mol. The summed E-state index contributed by atoms with van der Waals surface area (Å²) in [6.45, 7) is 0.393. The molecule has 0 aliphatic rings. The molecular formula is C22H20Cl2N2O3. The highest BCUT2D eigenvalue weighted by Gasteiger charge is 2.06. The molecule has 0 aliphatic heterocycles. The maximum atomic E-state index is 6.11. The minimum atomic E-state index is 0.393. The lowest BCUT2D eigenvalue weighted by molar-refractivity contribution is 0.284. The fourth-order valence-corrected chi connectivity index (χ4v) is 3.06. The number of nitrogens with zero attached hydrogens (tertiary/aromatic N) is 1. The largest absolute Gasteiger partial charge is 0.495 e. The molecule has 0 aromatic heterocycles. The highest BCUT2D eigenvalue weighted by Crippen LogP contribution is 2.29. The van der Waals surface area contributed by atoms with E-state index in [1.165, 1.54) is 0 Å². The number of halogens is 2. The van der Waals surface area contributed by atoms with Gasteiger partial charge in [-0.25, -0.2) is 0 Å². The van der Waals surface area contributed by atoms with Crippen LogP contribution in [0.15, 0.2) is 65.8 Å². The molecule has 0 unspecified atom stereocenters. The van der Waals surface area contributed by atoms with Gasteiger partial charge in [0.1, 0.15) is 12.4 Å². The van der Waals surface area contributed by atoms with Crippen molar-refractivity contribution in [1.29, 1.82) is 0 Å². The number of nitrogens with one attached hydrogen (secondary N) is 1. The van der Waals surface area contributed by atoms with Crippen molar-refractivity contribution in [1.82, 2.24) is 0 Å². The zero-order valence-corrected chi connectivity index (χ0v) is 17.5. The van der Waals surface area contributed by atoms with Gasteiger partial charge in [-0.1, -0.05) is 35.3 Å². The molecule has 150 valence electrons. The van der Waals surface area contributed by atoms with Crippen LogP contribution in [0.2, 0.25) is 10.0 Å². The molecule has 5 nitrogen and oxygen atoms in total. The normalized spacial score (nSPS) is 10.8. The molecule has 1 N–H and O–H groups in total. The molecule has 29 heavy (non-hydrogen) atoms. The summed E-state index contributed by atoms with van der Waals surface area (Å²) in [7, 11) is 3.17. The lowest BCUT2D eigenvalue weighted by atomic mass is 10.2. The molecule has 0 spiro atoms. The molecule has 0 radical (unpaired) electrons. The fraction of sp³-hybridized carbons (Fsp3) is 0.136. The average molecular weight is 431 g/mol. The van der Waals surface area contributed by atoms with Gasteiger partial charge >= 0.3 is 0 Å². The van der Waals surface area contributed by atoms with Crippen LogP contribution in [0, 0.1) is 0 Å². The summed E-state index contributed by atoms with van der Waals surface area (Å²) in [5.41, 5.74) is 5.51. The van der Waals surface area contributed by atoms with Gasteiger partial charge in [0.25, 0.3) is 0 Å². The first-order valence-electron chi connectivity index (χ1n) is 8.77. The molecule has 0 bridgehead atoms. The zero-order valence-electron chi connectivity index (χ0n) is 16.0. The van der Waals surface area contributed by atoms with Crippen LogP contribution in [0.3, 0.4) is 0 Å². The Morgan fingerprint density at radius 1 is 0.897 bits per heavy atom. The van der Waals surface area contributed by atoms with Gasteiger partial charge in [-0.3, -0.25) is 5.43 Å². The summed E-state index contributed by atoms with van der Waals surface area (Å²) < 4.78 is 16.4. The molecule has 0 saturated carbocycles. The summed E-state index contributed by atoms with van der Waals surface area (Å²) in [4.78, 5) is 0. The summed E-state index contributed by atoms with van der Waals surface area (Å²) in [6.07, 6.45) is 1.68. The molecule has 7 heteroatoms. The first-order valence-corrected chi connectivity index (χ1v) is 9.52. The second-order valence-electron chi connectivity index (χ2n) is 6.05. The third-order valence-electron chi connectivity index (χ3n) is 4.03. The minimum Gasteiger partial charge on any atom is -0.495 e. The summed E-state index contributed by atoms with van der Waals surface area (Å²) in [6, 6.07) is 18.5. The van der Waals surface area contributed by atoms with Crippen LogP contribution in [-0.4, -0.2) is 20.4 Å².